The maximum absolute atomic E-state index is 12.0. The van der Waals surface area contributed by atoms with E-state index in [4.69, 9.17) is 5.73 Å². The van der Waals surface area contributed by atoms with Crippen molar-refractivity contribution in [1.82, 2.24) is 20.3 Å². The molecule has 4 aliphatic rings. The highest BCUT2D eigenvalue weighted by molar-refractivity contribution is 5.91. The van der Waals surface area contributed by atoms with Crippen LogP contribution in [0.4, 0.5) is 0 Å². The molecule has 114 valence electrons. The minimum absolute atomic E-state index is 0.133. The molecule has 4 fully saturated rings. The van der Waals surface area contributed by atoms with Crippen LogP contribution in [0.5, 0.6) is 0 Å². The van der Waals surface area contributed by atoms with E-state index >= 15 is 0 Å². The Morgan fingerprint density at radius 1 is 1.29 bits per heavy atom. The van der Waals surface area contributed by atoms with Crippen molar-refractivity contribution in [1.29, 1.82) is 0 Å². The Hall–Kier alpha value is -1.43. The van der Waals surface area contributed by atoms with E-state index in [9.17, 15) is 4.79 Å². The molecular formula is C15H23N5O. The van der Waals surface area contributed by atoms with Gasteiger partial charge in [-0.15, -0.1) is 5.10 Å². The summed E-state index contributed by atoms with van der Waals surface area (Å²) >= 11 is 0. The fourth-order valence-corrected chi connectivity index (χ4v) is 5.22. The third kappa shape index (κ3) is 2.16. The standard InChI is InChI=1S/C15H23N5O/c16-1-2-17-14(21)13-9-20(19-18-13)15-6-10-3-11(7-15)5-12(4-10)8-15/h9-12H,1-8,16H2,(H,17,21). The highest BCUT2D eigenvalue weighted by Crippen LogP contribution is 2.58. The summed E-state index contributed by atoms with van der Waals surface area (Å²) in [6, 6.07) is 0. The number of carbonyl (C=O) groups is 1. The first-order valence-corrected chi connectivity index (χ1v) is 8.09. The van der Waals surface area contributed by atoms with Gasteiger partial charge in [-0.1, -0.05) is 5.21 Å². The van der Waals surface area contributed by atoms with Crippen LogP contribution in [-0.4, -0.2) is 34.0 Å². The molecule has 1 aromatic heterocycles. The Balaban J connectivity index is 1.57. The summed E-state index contributed by atoms with van der Waals surface area (Å²) < 4.78 is 2.01. The lowest BCUT2D eigenvalue weighted by atomic mass is 9.53. The fraction of sp³-hybridized carbons (Fsp3) is 0.800. The number of hydrogen-bond acceptors (Lipinski definition) is 4. The Kier molecular flexibility index (Phi) is 3.03. The van der Waals surface area contributed by atoms with Gasteiger partial charge in [0.15, 0.2) is 5.69 Å². The number of rotatable bonds is 4. The van der Waals surface area contributed by atoms with Gasteiger partial charge in [0.05, 0.1) is 11.7 Å². The zero-order chi connectivity index (χ0) is 14.4. The molecule has 4 aliphatic carbocycles. The van der Waals surface area contributed by atoms with Crippen molar-refractivity contribution in [3.05, 3.63) is 11.9 Å². The van der Waals surface area contributed by atoms with Gasteiger partial charge < -0.3 is 11.1 Å². The zero-order valence-corrected chi connectivity index (χ0v) is 12.3. The number of carbonyl (C=O) groups excluding carboxylic acids is 1. The molecule has 1 amide bonds. The van der Waals surface area contributed by atoms with Gasteiger partial charge >= 0.3 is 0 Å². The molecule has 0 aromatic carbocycles. The molecule has 1 aromatic rings. The summed E-state index contributed by atoms with van der Waals surface area (Å²) in [5, 5.41) is 11.2. The van der Waals surface area contributed by atoms with E-state index in [2.05, 4.69) is 15.6 Å². The van der Waals surface area contributed by atoms with Crippen LogP contribution in [0.3, 0.4) is 0 Å². The molecule has 5 rings (SSSR count). The number of nitrogens with one attached hydrogen (secondary N) is 1. The Morgan fingerprint density at radius 3 is 2.48 bits per heavy atom. The summed E-state index contributed by atoms with van der Waals surface area (Å²) in [4.78, 5) is 12.0. The molecule has 0 atom stereocenters. The molecule has 0 spiro atoms. The molecule has 21 heavy (non-hydrogen) atoms. The molecule has 6 nitrogen and oxygen atoms in total. The van der Waals surface area contributed by atoms with Crippen molar-refractivity contribution in [3.63, 3.8) is 0 Å². The lowest BCUT2D eigenvalue weighted by Gasteiger charge is -2.56. The van der Waals surface area contributed by atoms with Crippen LogP contribution in [0.15, 0.2) is 6.20 Å². The summed E-state index contributed by atoms with van der Waals surface area (Å²) in [7, 11) is 0. The fourth-order valence-electron chi connectivity index (χ4n) is 5.22. The quantitative estimate of drug-likeness (QED) is 0.862. The number of nitrogens with two attached hydrogens (primary N) is 1. The second kappa shape index (κ2) is 4.80. The first-order valence-electron chi connectivity index (χ1n) is 8.09. The van der Waals surface area contributed by atoms with Crippen molar-refractivity contribution in [2.45, 2.75) is 44.1 Å². The molecule has 0 unspecified atom stereocenters. The summed E-state index contributed by atoms with van der Waals surface area (Å²) in [6.45, 7) is 0.915. The van der Waals surface area contributed by atoms with E-state index in [-0.39, 0.29) is 11.4 Å². The van der Waals surface area contributed by atoms with Gasteiger partial charge in [-0.3, -0.25) is 4.79 Å². The van der Waals surface area contributed by atoms with Crippen molar-refractivity contribution < 1.29 is 4.79 Å². The summed E-state index contributed by atoms with van der Waals surface area (Å²) in [5.41, 5.74) is 5.96. The number of aromatic nitrogens is 3. The van der Waals surface area contributed by atoms with Gasteiger partial charge in [0, 0.05) is 13.1 Å². The van der Waals surface area contributed by atoms with E-state index in [1.165, 1.54) is 38.5 Å². The Labute approximate surface area is 124 Å². The summed E-state index contributed by atoms with van der Waals surface area (Å²) in [5.74, 6) is 2.40. The average Bonchev–Trinajstić information content (AvgIpc) is 2.94. The highest BCUT2D eigenvalue weighted by Gasteiger charge is 2.52. The van der Waals surface area contributed by atoms with Crippen LogP contribution in [0.25, 0.3) is 0 Å². The molecule has 3 N–H and O–H groups in total. The lowest BCUT2D eigenvalue weighted by Crippen LogP contribution is -2.52. The lowest BCUT2D eigenvalue weighted by molar-refractivity contribution is -0.0502. The van der Waals surface area contributed by atoms with Crippen LogP contribution < -0.4 is 11.1 Å². The molecule has 6 heteroatoms. The largest absolute Gasteiger partial charge is 0.349 e. The van der Waals surface area contributed by atoms with Gasteiger partial charge in [-0.2, -0.15) is 0 Å². The molecule has 0 saturated heterocycles. The van der Waals surface area contributed by atoms with E-state index < -0.39 is 0 Å². The van der Waals surface area contributed by atoms with Crippen LogP contribution in [0.1, 0.15) is 49.0 Å². The smallest absolute Gasteiger partial charge is 0.273 e. The Morgan fingerprint density at radius 2 is 1.90 bits per heavy atom. The second-order valence-electron chi connectivity index (χ2n) is 7.23. The molecule has 4 bridgehead atoms. The number of hydrogen-bond donors (Lipinski definition) is 2. The second-order valence-corrected chi connectivity index (χ2v) is 7.23. The van der Waals surface area contributed by atoms with Crippen molar-refractivity contribution in [3.8, 4) is 0 Å². The first-order chi connectivity index (χ1) is 10.2. The Bertz CT molecular complexity index is 517. The van der Waals surface area contributed by atoms with Gasteiger partial charge in [0.25, 0.3) is 5.91 Å². The molecule has 1 heterocycles. The van der Waals surface area contributed by atoms with Gasteiger partial charge in [-0.25, -0.2) is 4.68 Å². The van der Waals surface area contributed by atoms with E-state index in [1.807, 2.05) is 10.9 Å². The predicted molar refractivity (Wildman–Crippen MR) is 77.6 cm³/mol. The topological polar surface area (TPSA) is 85.8 Å². The molecule has 4 saturated carbocycles. The van der Waals surface area contributed by atoms with Crippen molar-refractivity contribution in [2.75, 3.05) is 13.1 Å². The first kappa shape index (κ1) is 13.2. The SMILES string of the molecule is NCCNC(=O)c1cn(C23CC4CC(CC(C4)C2)C3)nn1. The molecule has 0 radical (unpaired) electrons. The number of nitrogens with zero attached hydrogens (tertiary/aromatic N) is 3. The van der Waals surface area contributed by atoms with E-state index in [0.29, 0.717) is 18.8 Å². The minimum atomic E-state index is -0.170. The van der Waals surface area contributed by atoms with Crippen molar-refractivity contribution >= 4 is 5.91 Å². The van der Waals surface area contributed by atoms with Crippen LogP contribution >= 0.6 is 0 Å². The minimum Gasteiger partial charge on any atom is -0.349 e. The van der Waals surface area contributed by atoms with E-state index in [1.54, 1.807) is 0 Å². The van der Waals surface area contributed by atoms with Crippen LogP contribution in [0.2, 0.25) is 0 Å². The highest BCUT2D eigenvalue weighted by atomic mass is 16.2. The van der Waals surface area contributed by atoms with Crippen molar-refractivity contribution in [2.24, 2.45) is 23.5 Å². The van der Waals surface area contributed by atoms with Gasteiger partial charge in [0.2, 0.25) is 0 Å². The third-order valence-corrected chi connectivity index (χ3v) is 5.65. The van der Waals surface area contributed by atoms with Crippen LogP contribution in [-0.2, 0) is 5.54 Å². The van der Waals surface area contributed by atoms with Gasteiger partial charge in [0.1, 0.15) is 0 Å². The zero-order valence-electron chi connectivity index (χ0n) is 12.3. The monoisotopic (exact) mass is 289 g/mol. The predicted octanol–water partition coefficient (Wildman–Crippen LogP) is 0.892. The molecule has 0 aliphatic heterocycles. The average molecular weight is 289 g/mol. The maximum atomic E-state index is 12.0. The maximum Gasteiger partial charge on any atom is 0.273 e. The molecular weight excluding hydrogens is 266 g/mol. The van der Waals surface area contributed by atoms with E-state index in [0.717, 1.165) is 17.8 Å². The normalized spacial score (nSPS) is 36.9. The summed E-state index contributed by atoms with van der Waals surface area (Å²) in [6.07, 6.45) is 9.69. The number of amides is 1. The van der Waals surface area contributed by atoms with Crippen LogP contribution in [0, 0.1) is 17.8 Å². The van der Waals surface area contributed by atoms with Gasteiger partial charge in [-0.05, 0) is 56.3 Å². The third-order valence-electron chi connectivity index (χ3n) is 5.65.